The number of fused-ring (bicyclic) bond motifs is 2. The van der Waals surface area contributed by atoms with Gasteiger partial charge in [0.2, 0.25) is 0 Å². The molecule has 1 heterocycles. The van der Waals surface area contributed by atoms with Crippen LogP contribution in [0.1, 0.15) is 68.7 Å². The molecule has 0 radical (unpaired) electrons. The normalized spacial score (nSPS) is 20.9. The molecule has 0 saturated carbocycles. The number of ether oxygens (including phenoxy) is 1. The SMILES string of the molecule is N#Cc1cc(F)cc2c1[C@@H](c1ccc(C(F)(F)F)c3c1C(=O)OC3)CC[C@@H]2F. The monoisotopic (exact) mass is 393 g/mol. The molecule has 2 atom stereocenters. The quantitative estimate of drug-likeness (QED) is 0.487. The van der Waals surface area contributed by atoms with Gasteiger partial charge < -0.3 is 4.74 Å². The fourth-order valence-electron chi connectivity index (χ4n) is 4.13. The van der Waals surface area contributed by atoms with Crippen molar-refractivity contribution < 1.29 is 31.5 Å². The Morgan fingerprint density at radius 3 is 2.57 bits per heavy atom. The Balaban J connectivity index is 1.96. The van der Waals surface area contributed by atoms with Crippen molar-refractivity contribution in [3.05, 3.63) is 69.0 Å². The fraction of sp³-hybridized carbons (Fsp3) is 0.300. The topological polar surface area (TPSA) is 50.1 Å². The van der Waals surface area contributed by atoms with E-state index in [1.54, 1.807) is 0 Å². The summed E-state index contributed by atoms with van der Waals surface area (Å²) in [5.74, 6) is -2.37. The molecule has 2 aromatic rings. The number of carbonyl (C=O) groups excluding carboxylic acids is 1. The van der Waals surface area contributed by atoms with Gasteiger partial charge in [0.05, 0.1) is 22.8 Å². The van der Waals surface area contributed by atoms with Gasteiger partial charge in [-0.3, -0.25) is 0 Å². The van der Waals surface area contributed by atoms with Crippen LogP contribution in [-0.2, 0) is 17.5 Å². The Kier molecular flexibility index (Phi) is 4.14. The van der Waals surface area contributed by atoms with E-state index in [1.807, 2.05) is 6.07 Å². The van der Waals surface area contributed by atoms with E-state index < -0.39 is 42.2 Å². The molecule has 2 aliphatic rings. The van der Waals surface area contributed by atoms with Gasteiger partial charge in [-0.25, -0.2) is 13.6 Å². The molecule has 0 fully saturated rings. The van der Waals surface area contributed by atoms with Crippen molar-refractivity contribution in [2.24, 2.45) is 0 Å². The summed E-state index contributed by atoms with van der Waals surface area (Å²) in [7, 11) is 0. The van der Waals surface area contributed by atoms with Crippen LogP contribution in [0.4, 0.5) is 22.0 Å². The summed E-state index contributed by atoms with van der Waals surface area (Å²) in [4.78, 5) is 12.2. The summed E-state index contributed by atoms with van der Waals surface area (Å²) in [6.07, 6.45) is -5.99. The van der Waals surface area contributed by atoms with Gasteiger partial charge in [0, 0.05) is 11.5 Å². The van der Waals surface area contributed by atoms with Gasteiger partial charge in [-0.05, 0) is 47.7 Å². The first-order chi connectivity index (χ1) is 13.2. The largest absolute Gasteiger partial charge is 0.457 e. The minimum atomic E-state index is -4.66. The van der Waals surface area contributed by atoms with E-state index in [0.717, 1.165) is 18.2 Å². The Morgan fingerprint density at radius 1 is 1.14 bits per heavy atom. The number of cyclic esters (lactones) is 1. The Hall–Kier alpha value is -2.95. The van der Waals surface area contributed by atoms with Crippen LogP contribution in [0.2, 0.25) is 0 Å². The highest BCUT2D eigenvalue weighted by Gasteiger charge is 2.41. The molecule has 8 heteroatoms. The lowest BCUT2D eigenvalue weighted by molar-refractivity contribution is -0.138. The third kappa shape index (κ3) is 2.73. The Morgan fingerprint density at radius 2 is 1.89 bits per heavy atom. The molecule has 144 valence electrons. The molecule has 0 aromatic heterocycles. The van der Waals surface area contributed by atoms with Crippen molar-refractivity contribution in [1.29, 1.82) is 5.26 Å². The van der Waals surface area contributed by atoms with Gasteiger partial charge in [-0.15, -0.1) is 0 Å². The first kappa shape index (κ1) is 18.4. The molecule has 2 aromatic carbocycles. The van der Waals surface area contributed by atoms with Crippen LogP contribution in [0.25, 0.3) is 0 Å². The molecular formula is C20H12F5NO2. The van der Waals surface area contributed by atoms with Gasteiger partial charge in [0.1, 0.15) is 18.6 Å². The summed E-state index contributed by atoms with van der Waals surface area (Å²) in [5, 5.41) is 9.39. The molecule has 0 saturated heterocycles. The smallest absolute Gasteiger partial charge is 0.416 e. The van der Waals surface area contributed by atoms with E-state index in [2.05, 4.69) is 0 Å². The number of carbonyl (C=O) groups is 1. The van der Waals surface area contributed by atoms with E-state index in [1.165, 1.54) is 6.07 Å². The van der Waals surface area contributed by atoms with Crippen LogP contribution in [0.3, 0.4) is 0 Å². The number of benzene rings is 2. The maximum Gasteiger partial charge on any atom is 0.416 e. The average molecular weight is 393 g/mol. The molecule has 4 rings (SSSR count). The number of hydrogen-bond acceptors (Lipinski definition) is 3. The second-order valence-electron chi connectivity index (χ2n) is 6.80. The van der Waals surface area contributed by atoms with Crippen LogP contribution in [0, 0.1) is 17.1 Å². The van der Waals surface area contributed by atoms with Crippen molar-refractivity contribution in [2.75, 3.05) is 0 Å². The molecule has 1 aliphatic heterocycles. The molecule has 0 bridgehead atoms. The molecule has 0 N–H and O–H groups in total. The summed E-state index contributed by atoms with van der Waals surface area (Å²) in [5.41, 5.74) is -1.08. The fourth-order valence-corrected chi connectivity index (χ4v) is 4.13. The zero-order valence-electron chi connectivity index (χ0n) is 14.2. The number of hydrogen-bond donors (Lipinski definition) is 0. The van der Waals surface area contributed by atoms with Gasteiger partial charge in [0.15, 0.2) is 0 Å². The van der Waals surface area contributed by atoms with Crippen LogP contribution < -0.4 is 0 Å². The second kappa shape index (κ2) is 6.30. The molecule has 0 spiro atoms. The van der Waals surface area contributed by atoms with Gasteiger partial charge in [-0.2, -0.15) is 18.4 Å². The molecule has 0 unspecified atom stereocenters. The van der Waals surface area contributed by atoms with E-state index in [9.17, 15) is 32.0 Å². The standard InChI is InChI=1S/C20H12F5NO2/c21-10-5-9(7-26)17-11(2-4-16(22)13(17)6-10)12-1-3-15(20(23,24)25)14-8-28-19(27)18(12)14/h1,3,5-6,11,16H,2,4,8H2/t11-,16+/m1/s1. The first-order valence-electron chi connectivity index (χ1n) is 8.50. The molecular weight excluding hydrogens is 381 g/mol. The highest BCUT2D eigenvalue weighted by Crippen LogP contribution is 2.48. The third-order valence-electron chi connectivity index (χ3n) is 5.27. The van der Waals surface area contributed by atoms with Gasteiger partial charge in [-0.1, -0.05) is 6.07 Å². The van der Waals surface area contributed by atoms with Gasteiger partial charge >= 0.3 is 12.1 Å². The lowest BCUT2D eigenvalue weighted by Gasteiger charge is -2.30. The summed E-state index contributed by atoms with van der Waals surface area (Å²) in [6.45, 7) is -0.503. The lowest BCUT2D eigenvalue weighted by Crippen LogP contribution is -2.19. The van der Waals surface area contributed by atoms with E-state index in [0.29, 0.717) is 0 Å². The van der Waals surface area contributed by atoms with Crippen molar-refractivity contribution in [2.45, 2.75) is 37.7 Å². The van der Waals surface area contributed by atoms with Crippen molar-refractivity contribution in [1.82, 2.24) is 0 Å². The Bertz CT molecular complexity index is 1040. The predicted octanol–water partition coefficient (Wildman–Crippen LogP) is 5.32. The van der Waals surface area contributed by atoms with E-state index in [4.69, 9.17) is 4.74 Å². The van der Waals surface area contributed by atoms with E-state index >= 15 is 0 Å². The minimum absolute atomic E-state index is 0.00314. The summed E-state index contributed by atoms with van der Waals surface area (Å²) >= 11 is 0. The van der Waals surface area contributed by atoms with Gasteiger partial charge in [0.25, 0.3) is 0 Å². The van der Waals surface area contributed by atoms with Crippen molar-refractivity contribution >= 4 is 5.97 Å². The van der Waals surface area contributed by atoms with E-state index in [-0.39, 0.29) is 46.2 Å². The molecule has 1 aliphatic carbocycles. The summed E-state index contributed by atoms with van der Waals surface area (Å²) in [6, 6.07) is 5.83. The van der Waals surface area contributed by atoms with Crippen LogP contribution >= 0.6 is 0 Å². The lowest BCUT2D eigenvalue weighted by atomic mass is 9.74. The maximum atomic E-state index is 14.4. The number of halogens is 5. The zero-order chi connectivity index (χ0) is 20.2. The minimum Gasteiger partial charge on any atom is -0.457 e. The number of esters is 1. The maximum absolute atomic E-state index is 14.4. The van der Waals surface area contributed by atoms with Crippen molar-refractivity contribution in [3.8, 4) is 6.07 Å². The second-order valence-corrected chi connectivity index (χ2v) is 6.80. The predicted molar refractivity (Wildman–Crippen MR) is 86.6 cm³/mol. The highest BCUT2D eigenvalue weighted by molar-refractivity contribution is 5.96. The number of rotatable bonds is 1. The van der Waals surface area contributed by atoms with Crippen LogP contribution in [0.15, 0.2) is 24.3 Å². The molecule has 28 heavy (non-hydrogen) atoms. The Labute approximate surface area is 156 Å². The average Bonchev–Trinajstić information content (AvgIpc) is 3.02. The zero-order valence-corrected chi connectivity index (χ0v) is 14.2. The third-order valence-corrected chi connectivity index (χ3v) is 5.27. The van der Waals surface area contributed by atoms with Crippen LogP contribution in [-0.4, -0.2) is 5.97 Å². The molecule has 3 nitrogen and oxygen atoms in total. The van der Waals surface area contributed by atoms with Crippen molar-refractivity contribution in [3.63, 3.8) is 0 Å². The molecule has 0 amide bonds. The number of alkyl halides is 4. The highest BCUT2D eigenvalue weighted by atomic mass is 19.4. The number of nitriles is 1. The summed E-state index contributed by atoms with van der Waals surface area (Å²) < 4.78 is 72.9. The van der Waals surface area contributed by atoms with Crippen LogP contribution in [0.5, 0.6) is 0 Å². The number of nitrogens with zero attached hydrogens (tertiary/aromatic N) is 1. The first-order valence-corrected chi connectivity index (χ1v) is 8.50.